The Balaban J connectivity index is 1.34. The quantitative estimate of drug-likeness (QED) is 0.520. The fourth-order valence-corrected chi connectivity index (χ4v) is 3.77. The zero-order valence-corrected chi connectivity index (χ0v) is 18.1. The third-order valence-electron chi connectivity index (χ3n) is 5.48. The van der Waals surface area contributed by atoms with E-state index in [1.807, 2.05) is 24.3 Å². The van der Waals surface area contributed by atoms with E-state index in [0.717, 1.165) is 49.4 Å². The van der Waals surface area contributed by atoms with Crippen LogP contribution in [0.15, 0.2) is 42.5 Å². The van der Waals surface area contributed by atoms with Gasteiger partial charge in [-0.15, -0.1) is 10.2 Å². The fraction of sp³-hybridized carbons (Fsp3) is 0.375. The molecular weight excluding hydrogens is 411 g/mol. The maximum absolute atomic E-state index is 14.4. The van der Waals surface area contributed by atoms with E-state index in [1.165, 1.54) is 6.07 Å². The summed E-state index contributed by atoms with van der Waals surface area (Å²) in [5.41, 5.74) is 0.889. The summed E-state index contributed by atoms with van der Waals surface area (Å²) < 4.78 is 27.2. The fourth-order valence-electron chi connectivity index (χ4n) is 3.77. The minimum atomic E-state index is -0.479. The monoisotopic (exact) mass is 438 g/mol. The number of fused-ring (bicyclic) bond motifs is 1. The summed E-state index contributed by atoms with van der Waals surface area (Å²) in [5.74, 6) is 2.39. The number of carbonyl (C=O) groups excluding carboxylic acids is 1. The molecule has 1 aliphatic heterocycles. The molecule has 7 nitrogen and oxygen atoms in total. The number of hydrogen-bond acceptors (Lipinski definition) is 5. The van der Waals surface area contributed by atoms with Crippen LogP contribution < -0.4 is 14.8 Å². The van der Waals surface area contributed by atoms with E-state index < -0.39 is 5.82 Å². The van der Waals surface area contributed by atoms with Crippen molar-refractivity contribution in [3.05, 3.63) is 54.1 Å². The van der Waals surface area contributed by atoms with E-state index >= 15 is 0 Å². The Morgan fingerprint density at radius 1 is 1.09 bits per heavy atom. The molecule has 0 saturated heterocycles. The van der Waals surface area contributed by atoms with Crippen LogP contribution >= 0.6 is 0 Å². The Hall–Kier alpha value is -3.42. The molecular formula is C24H27FN4O3. The zero-order chi connectivity index (χ0) is 22.3. The largest absolute Gasteiger partial charge is 0.497 e. The molecule has 4 rings (SSSR count). The number of methoxy groups -OCH3 is 1. The van der Waals surface area contributed by atoms with Crippen molar-refractivity contribution in [1.82, 2.24) is 14.8 Å². The van der Waals surface area contributed by atoms with Gasteiger partial charge in [-0.05, 0) is 61.7 Å². The van der Waals surface area contributed by atoms with E-state index in [2.05, 4.69) is 20.1 Å². The number of ether oxygens (including phenoxy) is 2. The molecule has 1 N–H and O–H groups in total. The minimum Gasteiger partial charge on any atom is -0.497 e. The molecule has 32 heavy (non-hydrogen) atoms. The molecule has 0 fully saturated rings. The van der Waals surface area contributed by atoms with E-state index in [0.29, 0.717) is 24.6 Å². The van der Waals surface area contributed by atoms with Crippen molar-refractivity contribution in [1.29, 1.82) is 0 Å². The Morgan fingerprint density at radius 3 is 2.72 bits per heavy atom. The lowest BCUT2D eigenvalue weighted by Gasteiger charge is -2.11. The highest BCUT2D eigenvalue weighted by Gasteiger charge is 2.17. The van der Waals surface area contributed by atoms with Crippen LogP contribution in [-0.2, 0) is 17.8 Å². The highest BCUT2D eigenvalue weighted by molar-refractivity contribution is 5.91. The smallest absolute Gasteiger partial charge is 0.224 e. The van der Waals surface area contributed by atoms with Gasteiger partial charge >= 0.3 is 0 Å². The molecule has 1 aromatic heterocycles. The first kappa shape index (κ1) is 21.8. The number of anilines is 1. The molecule has 168 valence electrons. The van der Waals surface area contributed by atoms with E-state index in [9.17, 15) is 9.18 Å². The van der Waals surface area contributed by atoms with Crippen molar-refractivity contribution in [2.45, 2.75) is 45.1 Å². The van der Waals surface area contributed by atoms with E-state index in [-0.39, 0.29) is 18.0 Å². The summed E-state index contributed by atoms with van der Waals surface area (Å²) >= 11 is 0. The molecule has 1 aliphatic rings. The second-order valence-corrected chi connectivity index (χ2v) is 7.77. The topological polar surface area (TPSA) is 78.3 Å². The summed E-state index contributed by atoms with van der Waals surface area (Å²) in [5, 5.41) is 11.3. The Bertz CT molecular complexity index is 1070. The van der Waals surface area contributed by atoms with Crippen molar-refractivity contribution in [3.63, 3.8) is 0 Å². The van der Waals surface area contributed by atoms with E-state index in [1.54, 1.807) is 19.2 Å². The van der Waals surface area contributed by atoms with Gasteiger partial charge in [0.15, 0.2) is 5.82 Å². The van der Waals surface area contributed by atoms with Gasteiger partial charge in [-0.2, -0.15) is 0 Å². The summed E-state index contributed by atoms with van der Waals surface area (Å²) in [4.78, 5) is 12.4. The number of nitrogens with one attached hydrogen (secondary N) is 1. The number of aromatic nitrogens is 3. The molecule has 2 heterocycles. The third-order valence-corrected chi connectivity index (χ3v) is 5.48. The van der Waals surface area contributed by atoms with Crippen molar-refractivity contribution in [2.24, 2.45) is 0 Å². The number of nitrogens with zero attached hydrogens (tertiary/aromatic N) is 3. The van der Waals surface area contributed by atoms with Crippen molar-refractivity contribution < 1.29 is 18.7 Å². The molecule has 0 atom stereocenters. The second-order valence-electron chi connectivity index (χ2n) is 7.77. The SMILES string of the molecule is COc1ccc(OCCCC(=O)Nc2cc(-c3nnc4n3CCCCC4)ccc2F)cc1. The van der Waals surface area contributed by atoms with Gasteiger partial charge in [-0.3, -0.25) is 4.79 Å². The van der Waals surface area contributed by atoms with Crippen LogP contribution in [0.3, 0.4) is 0 Å². The number of carbonyl (C=O) groups is 1. The number of hydrogen-bond donors (Lipinski definition) is 1. The molecule has 0 saturated carbocycles. The van der Waals surface area contributed by atoms with Crippen LogP contribution in [-0.4, -0.2) is 34.4 Å². The Labute approximate surface area is 186 Å². The van der Waals surface area contributed by atoms with Crippen LogP contribution in [0.4, 0.5) is 10.1 Å². The predicted octanol–water partition coefficient (Wildman–Crippen LogP) is 4.62. The Kier molecular flexibility index (Phi) is 6.99. The molecule has 3 aromatic rings. The van der Waals surface area contributed by atoms with Crippen LogP contribution in [0.2, 0.25) is 0 Å². The van der Waals surface area contributed by atoms with Crippen molar-refractivity contribution in [2.75, 3.05) is 19.0 Å². The van der Waals surface area contributed by atoms with Gasteiger partial charge in [0, 0.05) is 24.9 Å². The maximum Gasteiger partial charge on any atom is 0.224 e. The number of aryl methyl sites for hydroxylation is 1. The standard InChI is InChI=1S/C24H27FN4O3/c1-31-18-9-11-19(12-10-18)32-15-5-7-23(30)26-21-16-17(8-13-20(21)25)24-28-27-22-6-3-2-4-14-29(22)24/h8-13,16H,2-7,14-15H2,1H3,(H,26,30). The third kappa shape index (κ3) is 5.25. The highest BCUT2D eigenvalue weighted by Crippen LogP contribution is 2.27. The summed E-state index contributed by atoms with van der Waals surface area (Å²) in [6.45, 7) is 1.24. The summed E-state index contributed by atoms with van der Waals surface area (Å²) in [6, 6.07) is 11.9. The number of rotatable bonds is 8. The van der Waals surface area contributed by atoms with Gasteiger partial charge in [0.05, 0.1) is 19.4 Å². The first-order valence-corrected chi connectivity index (χ1v) is 10.9. The lowest BCUT2D eigenvalue weighted by Crippen LogP contribution is -2.14. The van der Waals surface area contributed by atoms with Gasteiger partial charge in [0.2, 0.25) is 5.91 Å². The molecule has 0 spiro atoms. The summed E-state index contributed by atoms with van der Waals surface area (Å²) in [7, 11) is 1.61. The maximum atomic E-state index is 14.4. The molecule has 1 amide bonds. The zero-order valence-electron chi connectivity index (χ0n) is 18.1. The lowest BCUT2D eigenvalue weighted by atomic mass is 10.1. The first-order valence-electron chi connectivity index (χ1n) is 10.9. The van der Waals surface area contributed by atoms with Crippen molar-refractivity contribution in [3.8, 4) is 22.9 Å². The molecule has 8 heteroatoms. The van der Waals surface area contributed by atoms with Crippen LogP contribution in [0.5, 0.6) is 11.5 Å². The van der Waals surface area contributed by atoms with Gasteiger partial charge in [0.1, 0.15) is 23.1 Å². The van der Waals surface area contributed by atoms with Crippen LogP contribution in [0.1, 0.15) is 37.9 Å². The molecule has 0 unspecified atom stereocenters. The molecule has 0 aliphatic carbocycles. The average Bonchev–Trinajstić information content (AvgIpc) is 3.06. The predicted molar refractivity (Wildman–Crippen MR) is 119 cm³/mol. The van der Waals surface area contributed by atoms with Crippen LogP contribution in [0, 0.1) is 5.82 Å². The second kappa shape index (κ2) is 10.3. The van der Waals surface area contributed by atoms with E-state index in [4.69, 9.17) is 9.47 Å². The highest BCUT2D eigenvalue weighted by atomic mass is 19.1. The van der Waals surface area contributed by atoms with Gasteiger partial charge < -0.3 is 19.4 Å². The number of amides is 1. The number of halogens is 1. The van der Waals surface area contributed by atoms with Gasteiger partial charge in [0.25, 0.3) is 0 Å². The molecule has 2 aromatic carbocycles. The van der Waals surface area contributed by atoms with Crippen molar-refractivity contribution >= 4 is 11.6 Å². The number of benzene rings is 2. The van der Waals surface area contributed by atoms with Gasteiger partial charge in [-0.25, -0.2) is 4.39 Å². The average molecular weight is 439 g/mol. The van der Waals surface area contributed by atoms with Gasteiger partial charge in [-0.1, -0.05) is 6.42 Å². The minimum absolute atomic E-state index is 0.148. The molecule has 0 bridgehead atoms. The Morgan fingerprint density at radius 2 is 1.91 bits per heavy atom. The van der Waals surface area contributed by atoms with Crippen LogP contribution in [0.25, 0.3) is 11.4 Å². The molecule has 0 radical (unpaired) electrons. The first-order chi connectivity index (χ1) is 15.6. The normalized spacial score (nSPS) is 13.2. The lowest BCUT2D eigenvalue weighted by molar-refractivity contribution is -0.116. The summed E-state index contributed by atoms with van der Waals surface area (Å²) in [6.07, 6.45) is 4.97.